The molecule has 2 aromatic carbocycles. The van der Waals surface area contributed by atoms with Gasteiger partial charge in [0.1, 0.15) is 10.7 Å². The van der Waals surface area contributed by atoms with Crippen molar-refractivity contribution in [3.8, 4) is 0 Å². The van der Waals surface area contributed by atoms with Crippen LogP contribution in [0.2, 0.25) is 5.02 Å². The average molecular weight is 448 g/mol. The van der Waals surface area contributed by atoms with Crippen molar-refractivity contribution in [1.29, 1.82) is 0 Å². The fourth-order valence-electron chi connectivity index (χ4n) is 3.60. The molecule has 4 rings (SSSR count). The van der Waals surface area contributed by atoms with Crippen molar-refractivity contribution in [2.75, 3.05) is 18.4 Å². The highest BCUT2D eigenvalue weighted by atomic mass is 35.5. The summed E-state index contributed by atoms with van der Waals surface area (Å²) in [5.41, 5.74) is 0.844. The molecule has 0 bridgehead atoms. The zero-order chi connectivity index (χ0) is 21.3. The van der Waals surface area contributed by atoms with Gasteiger partial charge < -0.3 is 5.32 Å². The molecular weight excluding hydrogens is 429 g/mol. The van der Waals surface area contributed by atoms with Crippen LogP contribution in [0, 0.1) is 11.7 Å². The summed E-state index contributed by atoms with van der Waals surface area (Å²) in [6, 6.07) is 12.6. The zero-order valence-corrected chi connectivity index (χ0v) is 17.5. The van der Waals surface area contributed by atoms with Crippen molar-refractivity contribution in [3.05, 3.63) is 65.6 Å². The van der Waals surface area contributed by atoms with E-state index in [1.54, 1.807) is 24.4 Å². The molecule has 0 saturated carbocycles. The van der Waals surface area contributed by atoms with Gasteiger partial charge in [0.15, 0.2) is 0 Å². The number of aromatic nitrogens is 1. The van der Waals surface area contributed by atoms with Crippen LogP contribution >= 0.6 is 11.6 Å². The summed E-state index contributed by atoms with van der Waals surface area (Å²) in [5.74, 6) is -1.14. The Kier molecular flexibility index (Phi) is 5.73. The lowest BCUT2D eigenvalue weighted by Crippen LogP contribution is -2.41. The van der Waals surface area contributed by atoms with E-state index in [-0.39, 0.29) is 34.8 Å². The largest absolute Gasteiger partial charge is 0.326 e. The van der Waals surface area contributed by atoms with E-state index in [1.807, 2.05) is 12.1 Å². The van der Waals surface area contributed by atoms with Gasteiger partial charge in [-0.2, -0.15) is 4.31 Å². The molecule has 0 aliphatic carbocycles. The van der Waals surface area contributed by atoms with Crippen LogP contribution in [0.15, 0.2) is 59.6 Å². The third kappa shape index (κ3) is 4.03. The second kappa shape index (κ2) is 8.29. The normalized spacial score (nSPS) is 15.9. The smallest absolute Gasteiger partial charge is 0.245 e. The molecule has 1 aliphatic rings. The molecular formula is C21H19ClFN3O3S. The number of amides is 1. The number of hydrogen-bond donors (Lipinski definition) is 1. The lowest BCUT2D eigenvalue weighted by atomic mass is 9.97. The van der Waals surface area contributed by atoms with Gasteiger partial charge in [0.05, 0.1) is 10.5 Å². The Morgan fingerprint density at radius 2 is 1.87 bits per heavy atom. The number of carbonyl (C=O) groups excluding carboxylic acids is 1. The first-order valence-corrected chi connectivity index (χ1v) is 11.3. The molecule has 9 heteroatoms. The van der Waals surface area contributed by atoms with Crippen molar-refractivity contribution in [2.45, 2.75) is 17.7 Å². The summed E-state index contributed by atoms with van der Waals surface area (Å²) >= 11 is 5.75. The number of halogens is 2. The van der Waals surface area contributed by atoms with Crippen LogP contribution in [0.5, 0.6) is 0 Å². The van der Waals surface area contributed by atoms with Gasteiger partial charge in [-0.3, -0.25) is 9.78 Å². The van der Waals surface area contributed by atoms with Crippen molar-refractivity contribution >= 4 is 44.1 Å². The average Bonchev–Trinajstić information content (AvgIpc) is 2.76. The highest BCUT2D eigenvalue weighted by Crippen LogP contribution is 2.28. The topological polar surface area (TPSA) is 79.4 Å². The van der Waals surface area contributed by atoms with E-state index >= 15 is 0 Å². The van der Waals surface area contributed by atoms with Gasteiger partial charge in [-0.1, -0.05) is 29.8 Å². The number of piperidine rings is 1. The van der Waals surface area contributed by atoms with E-state index in [1.165, 1.54) is 22.5 Å². The molecule has 1 fully saturated rings. The molecule has 2 heterocycles. The Labute approximate surface area is 178 Å². The standard InChI is InChI=1S/C21H19ClFN3O3S/c22-17-13-16(6-7-18(17)23)25-21(27)15-8-11-26(12-9-15)30(28,29)19-5-1-3-14-4-2-10-24-20(14)19/h1-7,10,13,15H,8-9,11-12H2,(H,25,27). The van der Waals surface area contributed by atoms with Gasteiger partial charge in [0.2, 0.25) is 15.9 Å². The molecule has 3 aromatic rings. The van der Waals surface area contributed by atoms with E-state index in [9.17, 15) is 17.6 Å². The molecule has 0 unspecified atom stereocenters. The van der Waals surface area contributed by atoms with E-state index in [0.29, 0.717) is 24.0 Å². The van der Waals surface area contributed by atoms with Crippen LogP contribution in [0.25, 0.3) is 10.9 Å². The fourth-order valence-corrected chi connectivity index (χ4v) is 5.42. The molecule has 1 N–H and O–H groups in total. The Morgan fingerprint density at radius 1 is 1.13 bits per heavy atom. The number of para-hydroxylation sites is 1. The minimum absolute atomic E-state index is 0.0718. The SMILES string of the molecule is O=C(Nc1ccc(F)c(Cl)c1)C1CCN(S(=O)(=O)c2cccc3cccnc23)CC1. The Hall–Kier alpha value is -2.55. The second-order valence-corrected chi connectivity index (χ2v) is 9.44. The molecule has 1 saturated heterocycles. The van der Waals surface area contributed by atoms with Crippen molar-refractivity contribution < 1.29 is 17.6 Å². The molecule has 1 aromatic heterocycles. The van der Waals surface area contributed by atoms with Gasteiger partial charge in [-0.05, 0) is 43.2 Å². The van der Waals surface area contributed by atoms with Crippen LogP contribution in [-0.4, -0.2) is 36.7 Å². The van der Waals surface area contributed by atoms with Crippen LogP contribution in [0.1, 0.15) is 12.8 Å². The number of nitrogens with one attached hydrogen (secondary N) is 1. The number of rotatable bonds is 4. The minimum Gasteiger partial charge on any atom is -0.326 e. The maximum absolute atomic E-state index is 13.3. The summed E-state index contributed by atoms with van der Waals surface area (Å²) in [6.45, 7) is 0.460. The van der Waals surface area contributed by atoms with E-state index in [2.05, 4.69) is 10.3 Å². The summed E-state index contributed by atoms with van der Waals surface area (Å²) in [6.07, 6.45) is 2.34. The first-order chi connectivity index (χ1) is 14.4. The van der Waals surface area contributed by atoms with Crippen LogP contribution in [0.4, 0.5) is 10.1 Å². The molecule has 1 amide bonds. The minimum atomic E-state index is -3.73. The van der Waals surface area contributed by atoms with Crippen molar-refractivity contribution in [1.82, 2.24) is 9.29 Å². The molecule has 0 spiro atoms. The lowest BCUT2D eigenvalue weighted by molar-refractivity contribution is -0.120. The van der Waals surface area contributed by atoms with E-state index in [4.69, 9.17) is 11.6 Å². The van der Waals surface area contributed by atoms with Crippen LogP contribution < -0.4 is 5.32 Å². The van der Waals surface area contributed by atoms with Crippen LogP contribution in [-0.2, 0) is 14.8 Å². The van der Waals surface area contributed by atoms with Gasteiger partial charge in [-0.25, -0.2) is 12.8 Å². The maximum Gasteiger partial charge on any atom is 0.245 e. The number of fused-ring (bicyclic) bond motifs is 1. The first-order valence-electron chi connectivity index (χ1n) is 9.46. The molecule has 6 nitrogen and oxygen atoms in total. The molecule has 30 heavy (non-hydrogen) atoms. The Balaban J connectivity index is 1.46. The summed E-state index contributed by atoms with van der Waals surface area (Å²) in [4.78, 5) is 16.9. The van der Waals surface area contributed by atoms with Crippen LogP contribution in [0.3, 0.4) is 0 Å². The third-order valence-corrected chi connectivity index (χ3v) is 7.45. The Bertz CT molecular complexity index is 1210. The number of carbonyl (C=O) groups is 1. The van der Waals surface area contributed by atoms with Gasteiger partial charge in [0.25, 0.3) is 0 Å². The number of benzene rings is 2. The lowest BCUT2D eigenvalue weighted by Gasteiger charge is -2.30. The molecule has 0 radical (unpaired) electrons. The van der Waals surface area contributed by atoms with E-state index < -0.39 is 15.8 Å². The van der Waals surface area contributed by atoms with E-state index in [0.717, 1.165) is 5.39 Å². The van der Waals surface area contributed by atoms with Gasteiger partial charge >= 0.3 is 0 Å². The fraction of sp³-hybridized carbons (Fsp3) is 0.238. The third-order valence-electron chi connectivity index (χ3n) is 5.23. The molecule has 1 aliphatic heterocycles. The van der Waals surface area contributed by atoms with Crippen molar-refractivity contribution in [3.63, 3.8) is 0 Å². The monoisotopic (exact) mass is 447 g/mol. The Morgan fingerprint density at radius 3 is 2.60 bits per heavy atom. The predicted molar refractivity (Wildman–Crippen MR) is 113 cm³/mol. The second-order valence-electron chi connectivity index (χ2n) is 7.13. The first kappa shape index (κ1) is 20.7. The maximum atomic E-state index is 13.3. The van der Waals surface area contributed by atoms with Gasteiger partial charge in [0, 0.05) is 36.3 Å². The van der Waals surface area contributed by atoms with Crippen molar-refractivity contribution in [2.24, 2.45) is 5.92 Å². The van der Waals surface area contributed by atoms with Gasteiger partial charge in [-0.15, -0.1) is 0 Å². The molecule has 156 valence electrons. The number of sulfonamides is 1. The number of nitrogens with zero attached hydrogens (tertiary/aromatic N) is 2. The summed E-state index contributed by atoms with van der Waals surface area (Å²) in [5, 5.41) is 3.40. The number of pyridine rings is 1. The summed E-state index contributed by atoms with van der Waals surface area (Å²) in [7, 11) is -3.73. The quantitative estimate of drug-likeness (QED) is 0.654. The molecule has 0 atom stereocenters. The zero-order valence-electron chi connectivity index (χ0n) is 15.9. The number of anilines is 1. The number of hydrogen-bond acceptors (Lipinski definition) is 4. The summed E-state index contributed by atoms with van der Waals surface area (Å²) < 4.78 is 41.0. The highest BCUT2D eigenvalue weighted by Gasteiger charge is 2.33. The predicted octanol–water partition coefficient (Wildman–Crippen LogP) is 4.07. The highest BCUT2D eigenvalue weighted by molar-refractivity contribution is 7.89.